The summed E-state index contributed by atoms with van der Waals surface area (Å²) >= 11 is 0. The van der Waals surface area contributed by atoms with Crippen molar-refractivity contribution in [3.8, 4) is 0 Å². The second-order valence-electron chi connectivity index (χ2n) is 12.5. The zero-order valence-corrected chi connectivity index (χ0v) is 23.7. The minimum Gasteiger partial charge on any atom is -0.387 e. The Bertz CT molecular complexity index is 1490. The fourth-order valence-corrected chi connectivity index (χ4v) is 6.39. The van der Waals surface area contributed by atoms with Crippen molar-refractivity contribution in [3.63, 3.8) is 0 Å². The van der Waals surface area contributed by atoms with Crippen molar-refractivity contribution in [2.24, 2.45) is 5.41 Å². The molecule has 2 fully saturated rings. The lowest BCUT2D eigenvalue weighted by Crippen LogP contribution is -2.57. The summed E-state index contributed by atoms with van der Waals surface area (Å²) in [7, 11) is 0. The van der Waals surface area contributed by atoms with Crippen LogP contribution in [0, 0.1) is 5.41 Å². The first-order valence-electron chi connectivity index (χ1n) is 14.6. The van der Waals surface area contributed by atoms with Gasteiger partial charge in [-0.15, -0.1) is 0 Å². The fraction of sp³-hybridized carbons (Fsp3) is 0.371. The molecule has 6 nitrogen and oxygen atoms in total. The van der Waals surface area contributed by atoms with Crippen molar-refractivity contribution in [2.75, 3.05) is 0 Å². The summed E-state index contributed by atoms with van der Waals surface area (Å²) < 4.78 is 0. The predicted molar refractivity (Wildman–Crippen MR) is 161 cm³/mol. The smallest absolute Gasteiger partial charge is 0.235 e. The SMILES string of the molecule is CC(C)(C(=O)N[C@H](c1cccc2ccccc12)C1(O)CCC1)C(=O)N[C@H](c1cccc2ccccc12)C1(O)CCC1. The van der Waals surface area contributed by atoms with Crippen molar-refractivity contribution < 1.29 is 19.8 Å². The van der Waals surface area contributed by atoms with Gasteiger partial charge < -0.3 is 20.8 Å². The van der Waals surface area contributed by atoms with Gasteiger partial charge in [0.25, 0.3) is 0 Å². The molecule has 0 unspecified atom stereocenters. The molecule has 41 heavy (non-hydrogen) atoms. The second kappa shape index (κ2) is 10.3. The van der Waals surface area contributed by atoms with Gasteiger partial charge in [0.1, 0.15) is 5.41 Å². The van der Waals surface area contributed by atoms with Gasteiger partial charge in [0.15, 0.2) is 0 Å². The predicted octanol–water partition coefficient (Wildman–Crippen LogP) is 5.86. The minimum atomic E-state index is -1.47. The molecule has 6 rings (SSSR count). The summed E-state index contributed by atoms with van der Waals surface area (Å²) in [6.45, 7) is 3.21. The van der Waals surface area contributed by atoms with E-state index in [-0.39, 0.29) is 0 Å². The molecule has 2 atom stereocenters. The summed E-state index contributed by atoms with van der Waals surface area (Å²) in [5.74, 6) is -0.934. The summed E-state index contributed by atoms with van der Waals surface area (Å²) in [6.07, 6.45) is 4.05. The van der Waals surface area contributed by atoms with Gasteiger partial charge in [-0.3, -0.25) is 9.59 Å². The molecule has 4 aromatic rings. The molecule has 0 aromatic heterocycles. The van der Waals surface area contributed by atoms with E-state index in [1.807, 2.05) is 84.9 Å². The van der Waals surface area contributed by atoms with Crippen LogP contribution in [0.25, 0.3) is 21.5 Å². The summed E-state index contributed by atoms with van der Waals surface area (Å²) in [6, 6.07) is 26.3. The van der Waals surface area contributed by atoms with Crippen LogP contribution >= 0.6 is 0 Å². The normalized spacial score (nSPS) is 19.0. The average Bonchev–Trinajstić information content (AvgIpc) is 2.95. The van der Waals surface area contributed by atoms with Crippen LogP contribution in [0.1, 0.15) is 75.6 Å². The molecule has 0 heterocycles. The van der Waals surface area contributed by atoms with Crippen molar-refractivity contribution in [1.29, 1.82) is 0 Å². The van der Waals surface area contributed by atoms with Gasteiger partial charge in [0.05, 0.1) is 23.3 Å². The monoisotopic (exact) mass is 550 g/mol. The van der Waals surface area contributed by atoms with Crippen LogP contribution in [0.2, 0.25) is 0 Å². The lowest BCUT2D eigenvalue weighted by Gasteiger charge is -2.46. The van der Waals surface area contributed by atoms with E-state index in [2.05, 4.69) is 10.6 Å². The maximum atomic E-state index is 13.9. The first-order valence-corrected chi connectivity index (χ1v) is 14.6. The van der Waals surface area contributed by atoms with Gasteiger partial charge in [-0.05, 0) is 85.0 Å². The maximum Gasteiger partial charge on any atom is 0.235 e. The lowest BCUT2D eigenvalue weighted by molar-refractivity contribution is -0.147. The van der Waals surface area contributed by atoms with Gasteiger partial charge in [0, 0.05) is 0 Å². The molecule has 6 heteroatoms. The van der Waals surface area contributed by atoms with Crippen LogP contribution in [0.4, 0.5) is 0 Å². The molecule has 4 aromatic carbocycles. The van der Waals surface area contributed by atoms with Crippen molar-refractivity contribution in [1.82, 2.24) is 10.6 Å². The molecule has 2 aliphatic rings. The van der Waals surface area contributed by atoms with E-state index < -0.39 is 40.5 Å². The largest absolute Gasteiger partial charge is 0.387 e. The molecule has 0 aliphatic heterocycles. The zero-order chi connectivity index (χ0) is 28.8. The number of rotatable bonds is 8. The molecule has 2 amide bonds. The van der Waals surface area contributed by atoms with E-state index in [9.17, 15) is 19.8 Å². The maximum absolute atomic E-state index is 13.9. The number of carbonyl (C=O) groups is 2. The molecular formula is C35H38N2O4. The Kier molecular flexibility index (Phi) is 6.87. The second-order valence-corrected chi connectivity index (χ2v) is 12.5. The number of hydrogen-bond acceptors (Lipinski definition) is 4. The Hall–Kier alpha value is -3.74. The van der Waals surface area contributed by atoms with Crippen molar-refractivity contribution >= 4 is 33.4 Å². The van der Waals surface area contributed by atoms with Gasteiger partial charge >= 0.3 is 0 Å². The zero-order valence-electron chi connectivity index (χ0n) is 23.7. The molecule has 4 N–H and O–H groups in total. The van der Waals surface area contributed by atoms with E-state index >= 15 is 0 Å². The lowest BCUT2D eigenvalue weighted by atomic mass is 9.71. The Labute approximate surface area is 240 Å². The number of benzene rings is 4. The molecule has 0 spiro atoms. The van der Waals surface area contributed by atoms with E-state index in [0.717, 1.165) is 45.5 Å². The summed E-state index contributed by atoms with van der Waals surface area (Å²) in [5.41, 5.74) is -1.96. The first kappa shape index (κ1) is 27.4. The Balaban J connectivity index is 1.30. The molecule has 0 radical (unpaired) electrons. The molecule has 0 bridgehead atoms. The third-order valence-corrected chi connectivity index (χ3v) is 9.47. The highest BCUT2D eigenvalue weighted by atomic mass is 16.3. The van der Waals surface area contributed by atoms with E-state index in [0.29, 0.717) is 25.7 Å². The summed E-state index contributed by atoms with van der Waals surface area (Å²) in [5, 5.41) is 33.2. The van der Waals surface area contributed by atoms with Crippen LogP contribution < -0.4 is 10.6 Å². The highest BCUT2D eigenvalue weighted by Gasteiger charge is 2.49. The first-order chi connectivity index (χ1) is 19.6. The van der Waals surface area contributed by atoms with Crippen LogP contribution in [0.3, 0.4) is 0 Å². The fourth-order valence-electron chi connectivity index (χ4n) is 6.39. The summed E-state index contributed by atoms with van der Waals surface area (Å²) in [4.78, 5) is 27.9. The molecule has 0 saturated heterocycles. The van der Waals surface area contributed by atoms with E-state index in [1.54, 1.807) is 13.8 Å². The Morgan fingerprint density at radius 3 is 1.37 bits per heavy atom. The Morgan fingerprint density at radius 2 is 1.00 bits per heavy atom. The molecular weight excluding hydrogens is 512 g/mol. The highest BCUT2D eigenvalue weighted by Crippen LogP contribution is 2.46. The van der Waals surface area contributed by atoms with Crippen LogP contribution in [-0.2, 0) is 9.59 Å². The van der Waals surface area contributed by atoms with Crippen molar-refractivity contribution in [2.45, 2.75) is 75.7 Å². The molecule has 212 valence electrons. The number of fused-ring (bicyclic) bond motifs is 2. The van der Waals surface area contributed by atoms with Crippen LogP contribution in [-0.4, -0.2) is 33.2 Å². The third kappa shape index (κ3) is 4.79. The number of hydrogen-bond donors (Lipinski definition) is 4. The van der Waals surface area contributed by atoms with Gasteiger partial charge in [0.2, 0.25) is 11.8 Å². The average molecular weight is 551 g/mol. The third-order valence-electron chi connectivity index (χ3n) is 9.47. The quantitative estimate of drug-likeness (QED) is 0.207. The Morgan fingerprint density at radius 1 is 0.634 bits per heavy atom. The van der Waals surface area contributed by atoms with Gasteiger partial charge in [-0.2, -0.15) is 0 Å². The van der Waals surface area contributed by atoms with Crippen LogP contribution in [0.5, 0.6) is 0 Å². The van der Waals surface area contributed by atoms with Crippen LogP contribution in [0.15, 0.2) is 84.9 Å². The van der Waals surface area contributed by atoms with Crippen molar-refractivity contribution in [3.05, 3.63) is 96.1 Å². The standard InChI is InChI=1S/C35H38N2O4/c1-33(2,31(38)36-29(34(40)19-9-20-34)27-17-7-13-23-11-3-5-15-25(23)27)32(39)37-30(35(41)21-10-22-35)28-18-8-14-24-12-4-6-16-26(24)28/h3-8,11-18,29-30,40-41H,9-10,19-22H2,1-2H3,(H,36,38)(H,37,39)/t29-,30-/m1/s1. The topological polar surface area (TPSA) is 98.7 Å². The minimum absolute atomic E-state index is 0.467. The number of nitrogens with one attached hydrogen (secondary N) is 2. The van der Waals surface area contributed by atoms with E-state index in [4.69, 9.17) is 0 Å². The molecule has 2 saturated carbocycles. The highest BCUT2D eigenvalue weighted by molar-refractivity contribution is 6.05. The van der Waals surface area contributed by atoms with Gasteiger partial charge in [-0.1, -0.05) is 84.9 Å². The molecule has 2 aliphatic carbocycles. The number of carbonyl (C=O) groups excluding carboxylic acids is 2. The van der Waals surface area contributed by atoms with E-state index in [1.165, 1.54) is 0 Å². The number of amides is 2. The van der Waals surface area contributed by atoms with Gasteiger partial charge in [-0.25, -0.2) is 0 Å². The number of aliphatic hydroxyl groups is 2.